The standard InChI is InChI=1S/C16H10Cl2N4O4S/c17-9-1-4-11(5-2-9)26-8-14-20-21-16(27-14)19-15(23)12-6-3-10(22(24)25)7-13(12)18/h1-7H,8H2,(H,19,21,23). The molecule has 0 radical (unpaired) electrons. The van der Waals surface area contributed by atoms with Crippen LogP contribution in [0.5, 0.6) is 5.75 Å². The first-order chi connectivity index (χ1) is 12.9. The van der Waals surface area contributed by atoms with Gasteiger partial charge in [0.1, 0.15) is 12.4 Å². The van der Waals surface area contributed by atoms with E-state index in [-0.39, 0.29) is 28.0 Å². The summed E-state index contributed by atoms with van der Waals surface area (Å²) in [4.78, 5) is 22.4. The molecule has 11 heteroatoms. The van der Waals surface area contributed by atoms with Gasteiger partial charge in [-0.15, -0.1) is 10.2 Å². The second-order valence-corrected chi connectivity index (χ2v) is 7.02. The monoisotopic (exact) mass is 424 g/mol. The van der Waals surface area contributed by atoms with Crippen molar-refractivity contribution in [3.8, 4) is 5.75 Å². The van der Waals surface area contributed by atoms with E-state index < -0.39 is 10.8 Å². The number of non-ortho nitro benzene ring substituents is 1. The largest absolute Gasteiger partial charge is 0.486 e. The normalized spacial score (nSPS) is 10.4. The molecule has 2 aromatic carbocycles. The second-order valence-electron chi connectivity index (χ2n) is 5.12. The molecule has 0 aliphatic rings. The maximum Gasteiger partial charge on any atom is 0.270 e. The Morgan fingerprint density at radius 3 is 2.59 bits per heavy atom. The summed E-state index contributed by atoms with van der Waals surface area (Å²) in [5.41, 5.74) is -0.106. The predicted octanol–water partition coefficient (Wildman–Crippen LogP) is 4.58. The molecular weight excluding hydrogens is 415 g/mol. The lowest BCUT2D eigenvalue weighted by molar-refractivity contribution is -0.384. The van der Waals surface area contributed by atoms with Crippen molar-refractivity contribution in [3.63, 3.8) is 0 Å². The molecule has 0 bridgehead atoms. The first-order valence-corrected chi connectivity index (χ1v) is 8.95. The van der Waals surface area contributed by atoms with E-state index in [1.54, 1.807) is 24.3 Å². The lowest BCUT2D eigenvalue weighted by atomic mass is 10.2. The number of ether oxygens (including phenoxy) is 1. The van der Waals surface area contributed by atoms with Crippen LogP contribution >= 0.6 is 34.5 Å². The maximum atomic E-state index is 12.3. The Kier molecular flexibility index (Phi) is 5.84. The fraction of sp³-hybridized carbons (Fsp3) is 0.0625. The van der Waals surface area contributed by atoms with Crippen LogP contribution in [0.4, 0.5) is 10.8 Å². The SMILES string of the molecule is O=C(Nc1nnc(COc2ccc(Cl)cc2)s1)c1ccc([N+](=O)[O-])cc1Cl. The van der Waals surface area contributed by atoms with Gasteiger partial charge in [0.25, 0.3) is 11.6 Å². The summed E-state index contributed by atoms with van der Waals surface area (Å²) >= 11 is 12.9. The molecule has 0 saturated carbocycles. The number of aromatic nitrogens is 2. The van der Waals surface area contributed by atoms with Crippen molar-refractivity contribution in [1.29, 1.82) is 0 Å². The van der Waals surface area contributed by atoms with Gasteiger partial charge in [-0.3, -0.25) is 20.2 Å². The molecule has 0 saturated heterocycles. The highest BCUT2D eigenvalue weighted by Crippen LogP contribution is 2.25. The van der Waals surface area contributed by atoms with E-state index in [0.717, 1.165) is 17.4 Å². The number of anilines is 1. The molecule has 1 aromatic heterocycles. The highest BCUT2D eigenvalue weighted by Gasteiger charge is 2.16. The lowest BCUT2D eigenvalue weighted by Crippen LogP contribution is -2.12. The Balaban J connectivity index is 1.62. The molecule has 27 heavy (non-hydrogen) atoms. The van der Waals surface area contributed by atoms with Crippen LogP contribution in [0.15, 0.2) is 42.5 Å². The molecule has 1 N–H and O–H groups in total. The second kappa shape index (κ2) is 8.30. The van der Waals surface area contributed by atoms with E-state index in [0.29, 0.717) is 15.8 Å². The lowest BCUT2D eigenvalue weighted by Gasteiger charge is -2.04. The fourth-order valence-electron chi connectivity index (χ4n) is 2.00. The predicted molar refractivity (Wildman–Crippen MR) is 102 cm³/mol. The van der Waals surface area contributed by atoms with Gasteiger partial charge in [-0.25, -0.2) is 0 Å². The molecule has 0 aliphatic carbocycles. The molecule has 3 aromatic rings. The van der Waals surface area contributed by atoms with Crippen LogP contribution < -0.4 is 10.1 Å². The van der Waals surface area contributed by atoms with Crippen LogP contribution in [0.2, 0.25) is 10.0 Å². The van der Waals surface area contributed by atoms with Crippen molar-refractivity contribution in [2.45, 2.75) is 6.61 Å². The number of hydrogen-bond acceptors (Lipinski definition) is 7. The third-order valence-electron chi connectivity index (χ3n) is 3.27. The summed E-state index contributed by atoms with van der Waals surface area (Å²) in [7, 11) is 0. The number of rotatable bonds is 6. The zero-order valence-corrected chi connectivity index (χ0v) is 15.7. The minimum atomic E-state index is -0.592. The number of halogens is 2. The molecule has 0 aliphatic heterocycles. The Morgan fingerprint density at radius 1 is 1.19 bits per heavy atom. The van der Waals surface area contributed by atoms with Crippen LogP contribution in [0, 0.1) is 10.1 Å². The number of carbonyl (C=O) groups excluding carboxylic acids is 1. The van der Waals surface area contributed by atoms with Gasteiger partial charge < -0.3 is 4.74 Å². The number of amides is 1. The van der Waals surface area contributed by atoms with E-state index in [4.69, 9.17) is 27.9 Å². The van der Waals surface area contributed by atoms with Crippen molar-refractivity contribution in [2.24, 2.45) is 0 Å². The van der Waals surface area contributed by atoms with Gasteiger partial charge in [-0.1, -0.05) is 34.5 Å². The third kappa shape index (κ3) is 4.91. The summed E-state index contributed by atoms with van der Waals surface area (Å²) in [5.74, 6) is 0.0778. The van der Waals surface area contributed by atoms with Gasteiger partial charge in [-0.05, 0) is 30.3 Å². The van der Waals surface area contributed by atoms with Crippen molar-refractivity contribution < 1.29 is 14.5 Å². The molecular formula is C16H10Cl2N4O4S. The molecule has 1 heterocycles. The van der Waals surface area contributed by atoms with Crippen LogP contribution in [0.1, 0.15) is 15.4 Å². The van der Waals surface area contributed by atoms with Crippen LogP contribution in [0.3, 0.4) is 0 Å². The third-order valence-corrected chi connectivity index (χ3v) is 4.65. The van der Waals surface area contributed by atoms with Gasteiger partial charge >= 0.3 is 0 Å². The number of nitro benzene ring substituents is 1. The number of nitro groups is 1. The number of nitrogens with one attached hydrogen (secondary N) is 1. The number of carbonyl (C=O) groups is 1. The topological polar surface area (TPSA) is 107 Å². The summed E-state index contributed by atoms with van der Waals surface area (Å²) in [5, 5.41) is 22.5. The zero-order chi connectivity index (χ0) is 19.4. The van der Waals surface area contributed by atoms with E-state index in [2.05, 4.69) is 15.5 Å². The van der Waals surface area contributed by atoms with Gasteiger partial charge in [-0.2, -0.15) is 0 Å². The molecule has 1 amide bonds. The molecule has 0 unspecified atom stereocenters. The smallest absolute Gasteiger partial charge is 0.270 e. The maximum absolute atomic E-state index is 12.3. The quantitative estimate of drug-likeness (QED) is 0.458. The Morgan fingerprint density at radius 2 is 1.93 bits per heavy atom. The van der Waals surface area contributed by atoms with Gasteiger partial charge in [0.2, 0.25) is 5.13 Å². The van der Waals surface area contributed by atoms with Crippen LogP contribution in [-0.4, -0.2) is 21.0 Å². The molecule has 0 atom stereocenters. The van der Waals surface area contributed by atoms with Crippen molar-refractivity contribution in [3.05, 3.63) is 73.2 Å². The summed E-state index contributed by atoms with van der Waals surface area (Å²) < 4.78 is 5.56. The van der Waals surface area contributed by atoms with Crippen LogP contribution in [-0.2, 0) is 6.61 Å². The number of nitrogens with zero attached hydrogens (tertiary/aromatic N) is 3. The highest BCUT2D eigenvalue weighted by atomic mass is 35.5. The number of benzene rings is 2. The first-order valence-electron chi connectivity index (χ1n) is 7.38. The number of hydrogen-bond donors (Lipinski definition) is 1. The van der Waals surface area contributed by atoms with Crippen molar-refractivity contribution in [2.75, 3.05) is 5.32 Å². The average Bonchev–Trinajstić information content (AvgIpc) is 3.08. The minimum Gasteiger partial charge on any atom is -0.486 e. The first kappa shape index (κ1) is 19.0. The van der Waals surface area contributed by atoms with E-state index in [9.17, 15) is 14.9 Å². The van der Waals surface area contributed by atoms with E-state index in [1.807, 2.05) is 0 Å². The summed E-state index contributed by atoms with van der Waals surface area (Å²) in [6, 6.07) is 10.5. The van der Waals surface area contributed by atoms with Crippen molar-refractivity contribution in [1.82, 2.24) is 10.2 Å². The average molecular weight is 425 g/mol. The van der Waals surface area contributed by atoms with Gasteiger partial charge in [0, 0.05) is 17.2 Å². The van der Waals surface area contributed by atoms with E-state index in [1.165, 1.54) is 12.1 Å². The zero-order valence-electron chi connectivity index (χ0n) is 13.4. The van der Waals surface area contributed by atoms with Gasteiger partial charge in [0.15, 0.2) is 5.01 Å². The molecule has 8 nitrogen and oxygen atoms in total. The molecule has 0 fully saturated rings. The fourth-order valence-corrected chi connectivity index (χ4v) is 3.04. The Hall–Kier alpha value is -2.75. The Labute approximate surface area is 166 Å². The molecule has 138 valence electrons. The van der Waals surface area contributed by atoms with Crippen molar-refractivity contribution >= 4 is 51.3 Å². The van der Waals surface area contributed by atoms with E-state index >= 15 is 0 Å². The van der Waals surface area contributed by atoms with Crippen LogP contribution in [0.25, 0.3) is 0 Å². The highest BCUT2D eigenvalue weighted by molar-refractivity contribution is 7.15. The molecule has 3 rings (SSSR count). The summed E-state index contributed by atoms with van der Waals surface area (Å²) in [6.07, 6.45) is 0. The summed E-state index contributed by atoms with van der Waals surface area (Å²) in [6.45, 7) is 0.174. The van der Waals surface area contributed by atoms with Gasteiger partial charge in [0.05, 0.1) is 15.5 Å². The molecule has 0 spiro atoms. The Bertz CT molecular complexity index is 994. The minimum absolute atomic E-state index is 0.0301.